The third-order valence-corrected chi connectivity index (χ3v) is 2.79. The third-order valence-electron chi connectivity index (χ3n) is 2.79. The van der Waals surface area contributed by atoms with Crippen LogP contribution in [0.5, 0.6) is 0 Å². The van der Waals surface area contributed by atoms with Crippen molar-refractivity contribution in [3.63, 3.8) is 0 Å². The largest absolute Gasteiger partial charge is 0.308 e. The van der Waals surface area contributed by atoms with Crippen molar-refractivity contribution in [3.05, 3.63) is 11.9 Å². The summed E-state index contributed by atoms with van der Waals surface area (Å²) in [4.78, 5) is 0. The summed E-state index contributed by atoms with van der Waals surface area (Å²) in [6.07, 6.45) is 4.34. The Labute approximate surface area is 98.4 Å². The molecule has 0 radical (unpaired) electrons. The molecule has 0 saturated carbocycles. The molecule has 0 saturated heterocycles. The summed E-state index contributed by atoms with van der Waals surface area (Å²) in [6, 6.07) is 0.583. The summed E-state index contributed by atoms with van der Waals surface area (Å²) in [5.74, 6) is 0. The minimum absolute atomic E-state index is 0.0141. The Kier molecular flexibility index (Phi) is 4.47. The Balaban J connectivity index is 2.53. The van der Waals surface area contributed by atoms with E-state index in [1.54, 1.807) is 0 Å². The molecule has 1 N–H and O–H groups in total. The molecule has 4 nitrogen and oxygen atoms in total. The van der Waals surface area contributed by atoms with Gasteiger partial charge in [0.15, 0.2) is 0 Å². The van der Waals surface area contributed by atoms with Gasteiger partial charge in [-0.2, -0.15) is 0 Å². The molecule has 1 aromatic heterocycles. The lowest BCUT2D eigenvalue weighted by atomic mass is 10.1. The monoisotopic (exact) mass is 224 g/mol. The fraction of sp³-hybridized carbons (Fsp3) is 0.833. The minimum atomic E-state index is 0.0141. The van der Waals surface area contributed by atoms with E-state index in [0.29, 0.717) is 6.04 Å². The summed E-state index contributed by atoms with van der Waals surface area (Å²) in [5.41, 5.74) is 1.03. The van der Waals surface area contributed by atoms with E-state index in [4.69, 9.17) is 0 Å². The second-order valence-corrected chi connectivity index (χ2v) is 5.22. The Morgan fingerprint density at radius 3 is 2.38 bits per heavy atom. The van der Waals surface area contributed by atoms with Gasteiger partial charge in [0, 0.05) is 12.6 Å². The van der Waals surface area contributed by atoms with Gasteiger partial charge < -0.3 is 5.32 Å². The van der Waals surface area contributed by atoms with Gasteiger partial charge in [0.2, 0.25) is 0 Å². The highest BCUT2D eigenvalue weighted by molar-refractivity contribution is 4.94. The average Bonchev–Trinajstić information content (AvgIpc) is 2.67. The van der Waals surface area contributed by atoms with E-state index in [1.807, 2.05) is 10.9 Å². The van der Waals surface area contributed by atoms with E-state index in [0.717, 1.165) is 25.1 Å². The van der Waals surface area contributed by atoms with Crippen LogP contribution in [0.1, 0.15) is 53.2 Å². The molecule has 1 heterocycles. The molecule has 0 bridgehead atoms. The van der Waals surface area contributed by atoms with Gasteiger partial charge in [0.05, 0.1) is 17.4 Å². The van der Waals surface area contributed by atoms with Gasteiger partial charge >= 0.3 is 0 Å². The van der Waals surface area contributed by atoms with Gasteiger partial charge in [-0.25, -0.2) is 4.68 Å². The van der Waals surface area contributed by atoms with Gasteiger partial charge in [-0.15, -0.1) is 5.10 Å². The third kappa shape index (κ3) is 3.59. The smallest absolute Gasteiger partial charge is 0.0965 e. The molecule has 92 valence electrons. The molecule has 0 aliphatic carbocycles. The first-order valence-electron chi connectivity index (χ1n) is 6.12. The first-order chi connectivity index (χ1) is 7.47. The number of nitrogens with zero attached hydrogens (tertiary/aromatic N) is 3. The fourth-order valence-corrected chi connectivity index (χ4v) is 1.53. The molecule has 16 heavy (non-hydrogen) atoms. The van der Waals surface area contributed by atoms with Crippen molar-refractivity contribution < 1.29 is 0 Å². The van der Waals surface area contributed by atoms with Gasteiger partial charge in [0.25, 0.3) is 0 Å². The van der Waals surface area contributed by atoms with Gasteiger partial charge in [-0.05, 0) is 33.6 Å². The Morgan fingerprint density at radius 2 is 1.94 bits per heavy atom. The SMILES string of the molecule is CCC(CC)NCc1cn(C(C)(C)C)nn1. The van der Waals surface area contributed by atoms with Crippen molar-refractivity contribution in [2.45, 2.75) is 65.6 Å². The van der Waals surface area contributed by atoms with Crippen LogP contribution in [0, 0.1) is 0 Å². The number of hydrogen-bond acceptors (Lipinski definition) is 3. The van der Waals surface area contributed by atoms with E-state index in [-0.39, 0.29) is 5.54 Å². The zero-order valence-corrected chi connectivity index (χ0v) is 11.1. The maximum Gasteiger partial charge on any atom is 0.0965 e. The van der Waals surface area contributed by atoms with Gasteiger partial charge in [-0.1, -0.05) is 19.1 Å². The summed E-state index contributed by atoms with van der Waals surface area (Å²) >= 11 is 0. The fourth-order valence-electron chi connectivity index (χ4n) is 1.53. The van der Waals surface area contributed by atoms with Crippen LogP contribution in [0.2, 0.25) is 0 Å². The Morgan fingerprint density at radius 1 is 1.31 bits per heavy atom. The summed E-state index contributed by atoms with van der Waals surface area (Å²) in [7, 11) is 0. The molecular formula is C12H24N4. The first-order valence-corrected chi connectivity index (χ1v) is 6.12. The quantitative estimate of drug-likeness (QED) is 0.834. The highest BCUT2D eigenvalue weighted by Gasteiger charge is 2.15. The van der Waals surface area contributed by atoms with E-state index in [2.05, 4.69) is 50.2 Å². The molecule has 0 spiro atoms. The lowest BCUT2D eigenvalue weighted by Crippen LogP contribution is -2.27. The molecule has 4 heteroatoms. The van der Waals surface area contributed by atoms with Crippen LogP contribution in [-0.4, -0.2) is 21.0 Å². The zero-order chi connectivity index (χ0) is 12.2. The Bertz CT molecular complexity index is 307. The van der Waals surface area contributed by atoms with Crippen molar-refractivity contribution in [2.24, 2.45) is 0 Å². The van der Waals surface area contributed by atoms with Crippen molar-refractivity contribution in [1.29, 1.82) is 0 Å². The van der Waals surface area contributed by atoms with Crippen molar-refractivity contribution in [3.8, 4) is 0 Å². The van der Waals surface area contributed by atoms with Gasteiger partial charge in [0.1, 0.15) is 0 Å². The van der Waals surface area contributed by atoms with Crippen LogP contribution in [0.25, 0.3) is 0 Å². The van der Waals surface area contributed by atoms with Crippen molar-refractivity contribution in [1.82, 2.24) is 20.3 Å². The molecule has 0 aliphatic heterocycles. The first kappa shape index (κ1) is 13.2. The molecular weight excluding hydrogens is 200 g/mol. The van der Waals surface area contributed by atoms with Crippen LogP contribution >= 0.6 is 0 Å². The number of rotatable bonds is 5. The van der Waals surface area contributed by atoms with Crippen molar-refractivity contribution >= 4 is 0 Å². The predicted molar refractivity (Wildman–Crippen MR) is 66.2 cm³/mol. The summed E-state index contributed by atoms with van der Waals surface area (Å²) in [5, 5.41) is 11.8. The average molecular weight is 224 g/mol. The highest BCUT2D eigenvalue weighted by atomic mass is 15.4. The second-order valence-electron chi connectivity index (χ2n) is 5.22. The van der Waals surface area contributed by atoms with E-state index in [9.17, 15) is 0 Å². The molecule has 0 aromatic carbocycles. The van der Waals surface area contributed by atoms with E-state index in [1.165, 1.54) is 0 Å². The normalized spacial score (nSPS) is 12.4. The molecule has 1 aromatic rings. The van der Waals surface area contributed by atoms with Crippen molar-refractivity contribution in [2.75, 3.05) is 0 Å². The molecule has 0 fully saturated rings. The molecule has 0 aliphatic rings. The minimum Gasteiger partial charge on any atom is -0.308 e. The molecule has 0 amide bonds. The number of nitrogens with one attached hydrogen (secondary N) is 1. The topological polar surface area (TPSA) is 42.7 Å². The lowest BCUT2D eigenvalue weighted by molar-refractivity contribution is 0.346. The number of aromatic nitrogens is 3. The molecule has 0 atom stereocenters. The predicted octanol–water partition coefficient (Wildman–Crippen LogP) is 2.31. The van der Waals surface area contributed by atoms with Gasteiger partial charge in [-0.3, -0.25) is 0 Å². The maximum absolute atomic E-state index is 4.17. The summed E-state index contributed by atoms with van der Waals surface area (Å²) in [6.45, 7) is 11.6. The van der Waals surface area contributed by atoms with Crippen LogP contribution in [0.3, 0.4) is 0 Å². The zero-order valence-electron chi connectivity index (χ0n) is 11.1. The van der Waals surface area contributed by atoms with E-state index < -0.39 is 0 Å². The lowest BCUT2D eigenvalue weighted by Gasteiger charge is -2.17. The highest BCUT2D eigenvalue weighted by Crippen LogP contribution is 2.11. The maximum atomic E-state index is 4.17. The van der Waals surface area contributed by atoms with Crippen LogP contribution in [0.4, 0.5) is 0 Å². The van der Waals surface area contributed by atoms with Crippen LogP contribution in [0.15, 0.2) is 6.20 Å². The standard InChI is InChI=1S/C12H24N4/c1-6-10(7-2)13-8-11-9-16(15-14-11)12(3,4)5/h9-10,13H,6-8H2,1-5H3. The van der Waals surface area contributed by atoms with Crippen LogP contribution < -0.4 is 5.32 Å². The molecule has 1 rings (SSSR count). The second kappa shape index (κ2) is 5.43. The van der Waals surface area contributed by atoms with E-state index >= 15 is 0 Å². The number of hydrogen-bond donors (Lipinski definition) is 1. The summed E-state index contributed by atoms with van der Waals surface area (Å²) < 4.78 is 1.91. The molecule has 0 unspecified atom stereocenters. The van der Waals surface area contributed by atoms with Crippen LogP contribution in [-0.2, 0) is 12.1 Å². The Hall–Kier alpha value is -0.900.